The lowest BCUT2D eigenvalue weighted by atomic mass is 9.79. The van der Waals surface area contributed by atoms with E-state index >= 15 is 0 Å². The summed E-state index contributed by atoms with van der Waals surface area (Å²) in [5.41, 5.74) is -0.497. The molecule has 1 aliphatic rings. The summed E-state index contributed by atoms with van der Waals surface area (Å²) in [6.45, 7) is 0. The predicted octanol–water partition coefficient (Wildman–Crippen LogP) is -2.29. The van der Waals surface area contributed by atoms with Crippen LogP contribution in [0.1, 0.15) is 21.0 Å². The van der Waals surface area contributed by atoms with E-state index in [4.69, 9.17) is 35.1 Å². The van der Waals surface area contributed by atoms with E-state index < -0.39 is 11.8 Å². The van der Waals surface area contributed by atoms with Crippen molar-refractivity contribution in [1.82, 2.24) is 15.0 Å². The third kappa shape index (κ3) is 1.88. The Morgan fingerprint density at radius 2 is 1.48 bits per heavy atom. The van der Waals surface area contributed by atoms with Gasteiger partial charge in [0.15, 0.2) is 11.4 Å². The van der Waals surface area contributed by atoms with Crippen LogP contribution < -0.4 is 21.4 Å². The van der Waals surface area contributed by atoms with Gasteiger partial charge in [-0.3, -0.25) is 9.59 Å². The van der Waals surface area contributed by atoms with Gasteiger partial charge in [-0.25, -0.2) is 19.9 Å². The Labute approximate surface area is 128 Å². The molecule has 0 saturated carbocycles. The minimum atomic E-state index is -0.705. The quantitative estimate of drug-likeness (QED) is 0.436. The highest BCUT2D eigenvalue weighted by molar-refractivity contribution is 6.60. The van der Waals surface area contributed by atoms with Crippen molar-refractivity contribution < 1.29 is 9.59 Å². The molecule has 21 heavy (non-hydrogen) atoms. The van der Waals surface area contributed by atoms with Gasteiger partial charge in [-0.05, 0) is 0 Å². The molecule has 0 fully saturated rings. The van der Waals surface area contributed by atoms with Crippen LogP contribution in [0.15, 0.2) is 12.4 Å². The number of amides is 2. The number of hydrogen-bond donors (Lipinski definition) is 0. The molecule has 3 rings (SSSR count). The predicted molar refractivity (Wildman–Crippen MR) is 78.6 cm³/mol. The first-order chi connectivity index (χ1) is 9.93. The molecule has 0 saturated heterocycles. The second kappa shape index (κ2) is 4.70. The maximum Gasteiger partial charge on any atom is 0.287 e. The van der Waals surface area contributed by atoms with Crippen LogP contribution in [0.5, 0.6) is 0 Å². The number of carbonyl (C=O) groups is 2. The molecule has 2 amide bonds. The summed E-state index contributed by atoms with van der Waals surface area (Å²) in [5.74, 6) is -1.60. The standard InChI is InChI=1S/C11H2B3ClN4O2/c12-3-4(13)9(18-8(14)5(3)15)19-10(20)6-7(11(19)21)17-2-1-16-6/h1-2H. The maximum atomic E-state index is 12.3. The monoisotopic (exact) mass is 290 g/mol. The van der Waals surface area contributed by atoms with Crippen LogP contribution in [0.2, 0.25) is 5.02 Å². The lowest BCUT2D eigenvalue weighted by Crippen LogP contribution is -2.43. The van der Waals surface area contributed by atoms with E-state index in [1.54, 1.807) is 0 Å². The molecule has 10 heteroatoms. The molecule has 0 aromatic carbocycles. The van der Waals surface area contributed by atoms with Crippen molar-refractivity contribution in [2.45, 2.75) is 0 Å². The van der Waals surface area contributed by atoms with Crippen molar-refractivity contribution in [3.63, 3.8) is 0 Å². The summed E-state index contributed by atoms with van der Waals surface area (Å²) >= 11 is 5.82. The molecule has 6 radical (unpaired) electrons. The van der Waals surface area contributed by atoms with Crippen LogP contribution in [-0.4, -0.2) is 50.3 Å². The van der Waals surface area contributed by atoms with Gasteiger partial charge in [-0.1, -0.05) is 22.5 Å². The van der Waals surface area contributed by atoms with E-state index in [2.05, 4.69) is 15.0 Å². The number of pyridine rings is 1. The summed E-state index contributed by atoms with van der Waals surface area (Å²) in [4.78, 5) is 36.8. The van der Waals surface area contributed by atoms with Gasteiger partial charge in [0, 0.05) is 23.0 Å². The fourth-order valence-corrected chi connectivity index (χ4v) is 2.06. The lowest BCUT2D eigenvalue weighted by Gasteiger charge is -2.19. The largest absolute Gasteiger partial charge is 0.287 e. The Balaban J connectivity index is 2.21. The second-order valence-electron chi connectivity index (χ2n) is 4.16. The van der Waals surface area contributed by atoms with E-state index in [1.807, 2.05) is 0 Å². The third-order valence-corrected chi connectivity index (χ3v) is 3.34. The van der Waals surface area contributed by atoms with Crippen LogP contribution in [0.4, 0.5) is 5.82 Å². The molecule has 1 aliphatic heterocycles. The Kier molecular flexibility index (Phi) is 3.09. The van der Waals surface area contributed by atoms with Crippen molar-refractivity contribution in [2.24, 2.45) is 0 Å². The van der Waals surface area contributed by atoms with Crippen molar-refractivity contribution in [1.29, 1.82) is 0 Å². The van der Waals surface area contributed by atoms with E-state index in [-0.39, 0.29) is 38.7 Å². The molecular weight excluding hydrogens is 288 g/mol. The van der Waals surface area contributed by atoms with Crippen molar-refractivity contribution in [3.8, 4) is 0 Å². The van der Waals surface area contributed by atoms with Crippen molar-refractivity contribution in [3.05, 3.63) is 28.8 Å². The third-order valence-electron chi connectivity index (χ3n) is 2.94. The zero-order valence-corrected chi connectivity index (χ0v) is 11.1. The maximum absolute atomic E-state index is 12.3. The molecule has 2 aromatic rings. The molecular formula is C11H2B3ClN4O2. The minimum Gasteiger partial charge on any atom is -0.266 e. The highest BCUT2D eigenvalue weighted by Gasteiger charge is 2.40. The van der Waals surface area contributed by atoms with Gasteiger partial charge in [0.05, 0.1) is 0 Å². The first-order valence-corrected chi connectivity index (χ1v) is 6.01. The average Bonchev–Trinajstić information content (AvgIpc) is 2.73. The summed E-state index contributed by atoms with van der Waals surface area (Å²) < 4.78 is 0. The van der Waals surface area contributed by atoms with Crippen LogP contribution in [-0.2, 0) is 0 Å². The molecule has 3 heterocycles. The van der Waals surface area contributed by atoms with Crippen molar-refractivity contribution >= 4 is 69.3 Å². The SMILES string of the molecule is [B]c1nc(N2C(=O)c3nccnc3C2=O)c([B])c([B])c1Cl. The summed E-state index contributed by atoms with van der Waals surface area (Å²) in [5, 5.41) is -0.0379. The van der Waals surface area contributed by atoms with Crippen LogP contribution >= 0.6 is 11.6 Å². The van der Waals surface area contributed by atoms with Gasteiger partial charge in [-0.15, -0.1) is 0 Å². The molecule has 0 aliphatic carbocycles. The molecule has 0 bridgehead atoms. The smallest absolute Gasteiger partial charge is 0.266 e. The molecule has 0 unspecified atom stereocenters. The Morgan fingerprint density at radius 1 is 0.952 bits per heavy atom. The number of fused-ring (bicyclic) bond motifs is 1. The molecule has 0 N–H and O–H groups in total. The first-order valence-electron chi connectivity index (χ1n) is 5.63. The number of halogens is 1. The zero-order chi connectivity index (χ0) is 15.3. The van der Waals surface area contributed by atoms with Gasteiger partial charge < -0.3 is 0 Å². The minimum absolute atomic E-state index is 0.0379. The summed E-state index contributed by atoms with van der Waals surface area (Å²) in [6.07, 6.45) is 2.60. The topological polar surface area (TPSA) is 76.1 Å². The molecule has 6 nitrogen and oxygen atoms in total. The summed E-state index contributed by atoms with van der Waals surface area (Å²) in [7, 11) is 17.1. The fourth-order valence-electron chi connectivity index (χ4n) is 1.92. The number of carbonyl (C=O) groups excluding carboxylic acids is 2. The van der Waals surface area contributed by atoms with Gasteiger partial charge in [0.1, 0.15) is 29.4 Å². The van der Waals surface area contributed by atoms with Gasteiger partial charge in [0.25, 0.3) is 11.8 Å². The van der Waals surface area contributed by atoms with Crippen LogP contribution in [0.3, 0.4) is 0 Å². The number of anilines is 1. The molecule has 2 aromatic heterocycles. The Morgan fingerprint density at radius 3 is 2.00 bits per heavy atom. The highest BCUT2D eigenvalue weighted by atomic mass is 35.5. The van der Waals surface area contributed by atoms with Gasteiger partial charge in [-0.2, -0.15) is 0 Å². The summed E-state index contributed by atoms with van der Waals surface area (Å²) in [6, 6.07) is 0. The lowest BCUT2D eigenvalue weighted by molar-refractivity contribution is 0.0922. The number of hydrogen-bond acceptors (Lipinski definition) is 5. The van der Waals surface area contributed by atoms with Crippen molar-refractivity contribution in [2.75, 3.05) is 4.90 Å². The van der Waals surface area contributed by atoms with Crippen LogP contribution in [0.25, 0.3) is 0 Å². The van der Waals surface area contributed by atoms with E-state index in [0.29, 0.717) is 0 Å². The van der Waals surface area contributed by atoms with Gasteiger partial charge in [0.2, 0.25) is 0 Å². The van der Waals surface area contributed by atoms with E-state index in [0.717, 1.165) is 4.90 Å². The Hall–Kier alpha value is -2.15. The number of aromatic nitrogens is 3. The molecule has 0 atom stereocenters. The van der Waals surface area contributed by atoms with E-state index in [1.165, 1.54) is 12.4 Å². The molecule has 94 valence electrons. The van der Waals surface area contributed by atoms with Gasteiger partial charge >= 0.3 is 0 Å². The van der Waals surface area contributed by atoms with Crippen LogP contribution in [0, 0.1) is 0 Å². The zero-order valence-electron chi connectivity index (χ0n) is 10.4. The number of imide groups is 1. The Bertz CT molecular complexity index is 779. The second-order valence-corrected chi connectivity index (χ2v) is 4.54. The van der Waals surface area contributed by atoms with E-state index in [9.17, 15) is 9.59 Å². The number of rotatable bonds is 1. The number of nitrogens with zero attached hydrogens (tertiary/aromatic N) is 4. The average molecular weight is 290 g/mol. The normalized spacial score (nSPS) is 13.7. The first kappa shape index (κ1) is 13.8. The highest BCUT2D eigenvalue weighted by Crippen LogP contribution is 2.22. The molecule has 0 spiro atoms. The fraction of sp³-hybridized carbons (Fsp3) is 0.